The minimum absolute atomic E-state index is 0.159. The Hall–Kier alpha value is -3.82. The number of aromatic nitrogens is 2. The molecule has 3 aromatic rings. The number of carbonyl (C=O) groups excluding carboxylic acids is 2. The lowest BCUT2D eigenvalue weighted by Crippen LogP contribution is -2.31. The molecule has 35 heavy (non-hydrogen) atoms. The number of methoxy groups -OCH3 is 1. The highest BCUT2D eigenvalue weighted by molar-refractivity contribution is 6.01. The predicted molar refractivity (Wildman–Crippen MR) is 123 cm³/mol. The molecule has 7 nitrogen and oxygen atoms in total. The van der Waals surface area contributed by atoms with E-state index in [1.165, 1.54) is 23.9 Å². The number of hydrogen-bond donors (Lipinski definition) is 1. The molecular formula is C25H25F3N4O3. The zero-order chi connectivity index (χ0) is 25.3. The molecule has 1 aliphatic heterocycles. The fourth-order valence-electron chi connectivity index (χ4n) is 4.18. The zero-order valence-electron chi connectivity index (χ0n) is 19.5. The summed E-state index contributed by atoms with van der Waals surface area (Å²) in [6, 6.07) is 13.3. The number of aryl methyl sites for hydroxylation is 1. The lowest BCUT2D eigenvalue weighted by molar-refractivity contribution is -0.141. The predicted octanol–water partition coefficient (Wildman–Crippen LogP) is 4.51. The van der Waals surface area contributed by atoms with E-state index < -0.39 is 35.4 Å². The van der Waals surface area contributed by atoms with Gasteiger partial charge in [0.05, 0.1) is 25.3 Å². The summed E-state index contributed by atoms with van der Waals surface area (Å²) >= 11 is 0. The standard InChI is InChI=1S/C25H25F3N4O3/c1-15-6-4-5-7-19(15)14-31-12-13-32-23(31)20(21(30-32)25(26,27)28)22(33)29-16(2)17-8-10-18(11-9-17)24(34)35-3/h4-11,16H,12-14H2,1-3H3,(H,29,33)/t16-/m0/s1. The summed E-state index contributed by atoms with van der Waals surface area (Å²) in [5.41, 5.74) is 1.24. The van der Waals surface area contributed by atoms with Crippen molar-refractivity contribution in [1.82, 2.24) is 15.1 Å². The molecule has 2 heterocycles. The number of anilines is 1. The first-order chi connectivity index (χ1) is 16.6. The number of ether oxygens (including phenoxy) is 1. The number of hydrogen-bond acceptors (Lipinski definition) is 5. The monoisotopic (exact) mass is 486 g/mol. The van der Waals surface area contributed by atoms with Crippen molar-refractivity contribution in [2.75, 3.05) is 18.6 Å². The van der Waals surface area contributed by atoms with Crippen molar-refractivity contribution in [2.45, 2.75) is 39.2 Å². The Morgan fingerprint density at radius 2 is 1.80 bits per heavy atom. The van der Waals surface area contributed by atoms with Gasteiger partial charge in [0.2, 0.25) is 0 Å². The Kier molecular flexibility index (Phi) is 6.56. The molecule has 0 saturated heterocycles. The molecule has 10 heteroatoms. The van der Waals surface area contributed by atoms with E-state index in [0.29, 0.717) is 24.2 Å². The molecule has 1 amide bonds. The SMILES string of the molecule is COC(=O)c1ccc([C@H](C)NC(=O)c2c(C(F)(F)F)nn3c2N(Cc2ccccc2C)CC3)cc1. The van der Waals surface area contributed by atoms with Crippen LogP contribution in [0.15, 0.2) is 48.5 Å². The van der Waals surface area contributed by atoms with Gasteiger partial charge in [0.15, 0.2) is 5.69 Å². The quantitative estimate of drug-likeness (QED) is 0.519. The summed E-state index contributed by atoms with van der Waals surface area (Å²) in [5.74, 6) is -1.21. The van der Waals surface area contributed by atoms with Crippen molar-refractivity contribution in [3.8, 4) is 0 Å². The molecule has 0 bridgehead atoms. The van der Waals surface area contributed by atoms with Gasteiger partial charge < -0.3 is 15.0 Å². The molecular weight excluding hydrogens is 461 g/mol. The Morgan fingerprint density at radius 3 is 2.43 bits per heavy atom. The smallest absolute Gasteiger partial charge is 0.436 e. The lowest BCUT2D eigenvalue weighted by atomic mass is 10.1. The molecule has 1 aromatic heterocycles. The van der Waals surface area contributed by atoms with Gasteiger partial charge in [-0.2, -0.15) is 18.3 Å². The number of halogens is 3. The van der Waals surface area contributed by atoms with E-state index in [-0.39, 0.29) is 12.4 Å². The molecule has 0 radical (unpaired) electrons. The molecule has 0 saturated carbocycles. The van der Waals surface area contributed by atoms with Crippen LogP contribution in [0.3, 0.4) is 0 Å². The summed E-state index contributed by atoms with van der Waals surface area (Å²) in [7, 11) is 1.27. The van der Waals surface area contributed by atoms with Crippen LogP contribution in [-0.4, -0.2) is 35.3 Å². The summed E-state index contributed by atoms with van der Waals surface area (Å²) in [6.45, 7) is 4.65. The van der Waals surface area contributed by atoms with E-state index in [2.05, 4.69) is 15.2 Å². The number of nitrogens with zero attached hydrogens (tertiary/aromatic N) is 3. The van der Waals surface area contributed by atoms with E-state index in [4.69, 9.17) is 0 Å². The number of alkyl halides is 3. The normalized spacial score (nSPS) is 13.9. The number of esters is 1. The third-order valence-corrected chi connectivity index (χ3v) is 6.10. The number of carbonyl (C=O) groups is 2. The molecule has 4 rings (SSSR count). The van der Waals surface area contributed by atoms with Gasteiger partial charge in [0.25, 0.3) is 5.91 Å². The van der Waals surface area contributed by atoms with Gasteiger partial charge in [-0.15, -0.1) is 0 Å². The second kappa shape index (κ2) is 9.44. The van der Waals surface area contributed by atoms with Gasteiger partial charge in [-0.25, -0.2) is 9.48 Å². The molecule has 0 fully saturated rings. The molecule has 1 N–H and O–H groups in total. The van der Waals surface area contributed by atoms with Crippen LogP contribution in [0.4, 0.5) is 19.0 Å². The van der Waals surface area contributed by atoms with Crippen molar-refractivity contribution in [3.63, 3.8) is 0 Å². The average Bonchev–Trinajstić information content (AvgIpc) is 3.40. The third kappa shape index (κ3) is 4.87. The fourth-order valence-corrected chi connectivity index (χ4v) is 4.18. The van der Waals surface area contributed by atoms with E-state index in [1.54, 1.807) is 24.0 Å². The van der Waals surface area contributed by atoms with Gasteiger partial charge in [-0.05, 0) is 42.7 Å². The van der Waals surface area contributed by atoms with Gasteiger partial charge in [-0.1, -0.05) is 36.4 Å². The summed E-state index contributed by atoms with van der Waals surface area (Å²) in [5, 5.41) is 6.42. The average molecular weight is 486 g/mol. The molecule has 0 unspecified atom stereocenters. The van der Waals surface area contributed by atoms with Crippen LogP contribution < -0.4 is 10.2 Å². The van der Waals surface area contributed by atoms with Crippen molar-refractivity contribution >= 4 is 17.7 Å². The van der Waals surface area contributed by atoms with Crippen LogP contribution in [0.2, 0.25) is 0 Å². The summed E-state index contributed by atoms with van der Waals surface area (Å²) in [4.78, 5) is 26.6. The minimum atomic E-state index is -4.79. The van der Waals surface area contributed by atoms with Gasteiger partial charge in [0, 0.05) is 13.1 Å². The molecule has 1 aliphatic rings. The number of amides is 1. The van der Waals surface area contributed by atoms with Crippen molar-refractivity contribution in [2.24, 2.45) is 0 Å². The molecule has 0 spiro atoms. The fraction of sp³-hybridized carbons (Fsp3) is 0.320. The summed E-state index contributed by atoms with van der Waals surface area (Å²) < 4.78 is 47.6. The maximum Gasteiger partial charge on any atom is 0.436 e. The highest BCUT2D eigenvalue weighted by Crippen LogP contribution is 2.39. The first-order valence-electron chi connectivity index (χ1n) is 11.1. The maximum atomic E-state index is 13.9. The molecule has 1 atom stereocenters. The molecule has 2 aromatic carbocycles. The van der Waals surface area contributed by atoms with E-state index in [9.17, 15) is 22.8 Å². The van der Waals surface area contributed by atoms with E-state index in [1.807, 2.05) is 31.2 Å². The number of fused-ring (bicyclic) bond motifs is 1. The van der Waals surface area contributed by atoms with Crippen molar-refractivity contribution in [1.29, 1.82) is 0 Å². The highest BCUT2D eigenvalue weighted by atomic mass is 19.4. The Labute approximate surface area is 200 Å². The van der Waals surface area contributed by atoms with Crippen LogP contribution in [-0.2, 0) is 24.0 Å². The Morgan fingerprint density at radius 1 is 1.11 bits per heavy atom. The van der Waals surface area contributed by atoms with Crippen molar-refractivity contribution < 1.29 is 27.5 Å². The molecule has 0 aliphatic carbocycles. The maximum absolute atomic E-state index is 13.9. The van der Waals surface area contributed by atoms with Crippen LogP contribution in [0.1, 0.15) is 56.1 Å². The largest absolute Gasteiger partial charge is 0.465 e. The first kappa shape index (κ1) is 24.3. The van der Waals surface area contributed by atoms with Crippen LogP contribution in [0.5, 0.6) is 0 Å². The first-order valence-corrected chi connectivity index (χ1v) is 11.1. The number of nitrogens with one attached hydrogen (secondary N) is 1. The minimum Gasteiger partial charge on any atom is -0.465 e. The van der Waals surface area contributed by atoms with Crippen LogP contribution in [0, 0.1) is 6.92 Å². The lowest BCUT2D eigenvalue weighted by Gasteiger charge is -2.21. The van der Waals surface area contributed by atoms with E-state index in [0.717, 1.165) is 11.1 Å². The topological polar surface area (TPSA) is 76.5 Å². The van der Waals surface area contributed by atoms with Crippen LogP contribution in [0.25, 0.3) is 0 Å². The Bertz CT molecular complexity index is 1250. The Balaban J connectivity index is 1.64. The second-order valence-corrected chi connectivity index (χ2v) is 8.42. The summed E-state index contributed by atoms with van der Waals surface area (Å²) in [6.07, 6.45) is -4.79. The zero-order valence-corrected chi connectivity index (χ0v) is 19.5. The third-order valence-electron chi connectivity index (χ3n) is 6.10. The van der Waals surface area contributed by atoms with Gasteiger partial charge in [0.1, 0.15) is 11.4 Å². The van der Waals surface area contributed by atoms with E-state index >= 15 is 0 Å². The van der Waals surface area contributed by atoms with Gasteiger partial charge >= 0.3 is 12.1 Å². The second-order valence-electron chi connectivity index (χ2n) is 8.42. The van der Waals surface area contributed by atoms with Crippen LogP contribution >= 0.6 is 0 Å². The molecule has 184 valence electrons. The van der Waals surface area contributed by atoms with Gasteiger partial charge in [-0.3, -0.25) is 4.79 Å². The van der Waals surface area contributed by atoms with Crippen molar-refractivity contribution in [3.05, 3.63) is 82.0 Å². The number of rotatable bonds is 6. The highest BCUT2D eigenvalue weighted by Gasteiger charge is 2.44. The number of benzene rings is 2.